The second kappa shape index (κ2) is 6.95. The molecule has 4 aromatic rings. The number of nitrogens with zero attached hydrogens (tertiary/aromatic N) is 3. The molecule has 0 radical (unpaired) electrons. The molecule has 1 amide bonds. The van der Waals surface area contributed by atoms with E-state index in [1.54, 1.807) is 19.5 Å². The summed E-state index contributed by atoms with van der Waals surface area (Å²) in [6, 6.07) is 13.4. The van der Waals surface area contributed by atoms with E-state index >= 15 is 0 Å². The van der Waals surface area contributed by atoms with E-state index in [2.05, 4.69) is 4.98 Å². The first kappa shape index (κ1) is 19.3. The number of pyridine rings is 1. The summed E-state index contributed by atoms with van der Waals surface area (Å²) in [7, 11) is 1.66. The largest absolute Gasteiger partial charge is 0.464 e. The molecule has 4 heterocycles. The lowest BCUT2D eigenvalue weighted by Crippen LogP contribution is -2.52. The van der Waals surface area contributed by atoms with Gasteiger partial charge in [0.05, 0.1) is 29.8 Å². The number of nitrogens with two attached hydrogens (primary N) is 2. The number of fused-ring (bicyclic) bond motifs is 1. The van der Waals surface area contributed by atoms with Crippen molar-refractivity contribution in [2.24, 2.45) is 10.7 Å². The number of hydrogen-bond donors (Lipinski definition) is 2. The highest BCUT2D eigenvalue weighted by atomic mass is 32.1. The number of guanidine groups is 1. The molecule has 0 saturated carbocycles. The Morgan fingerprint density at radius 3 is 2.77 bits per heavy atom. The fraction of sp³-hybridized carbons (Fsp3) is 0.174. The van der Waals surface area contributed by atoms with E-state index in [9.17, 15) is 4.79 Å². The zero-order chi connectivity index (χ0) is 21.8. The molecule has 1 aliphatic heterocycles. The van der Waals surface area contributed by atoms with Gasteiger partial charge in [0.25, 0.3) is 0 Å². The van der Waals surface area contributed by atoms with Gasteiger partial charge in [0, 0.05) is 28.3 Å². The summed E-state index contributed by atoms with van der Waals surface area (Å²) in [5, 5.41) is 2.96. The van der Waals surface area contributed by atoms with E-state index in [-0.39, 0.29) is 11.9 Å². The molecule has 0 saturated heterocycles. The van der Waals surface area contributed by atoms with Gasteiger partial charge in [0.1, 0.15) is 11.1 Å². The Labute approximate surface area is 183 Å². The molecule has 3 aromatic heterocycles. The van der Waals surface area contributed by atoms with Gasteiger partial charge < -0.3 is 15.9 Å². The van der Waals surface area contributed by atoms with Gasteiger partial charge in [-0.2, -0.15) is 0 Å². The summed E-state index contributed by atoms with van der Waals surface area (Å²) in [5.41, 5.74) is 15.1. The lowest BCUT2D eigenvalue weighted by Gasteiger charge is -2.40. The first-order valence-electron chi connectivity index (χ1n) is 9.78. The highest BCUT2D eigenvalue weighted by molar-refractivity contribution is 7.10. The van der Waals surface area contributed by atoms with Crippen molar-refractivity contribution in [1.29, 1.82) is 0 Å². The molecule has 0 spiro atoms. The third-order valence-electron chi connectivity index (χ3n) is 5.82. The molecule has 0 bridgehead atoms. The van der Waals surface area contributed by atoms with Crippen LogP contribution in [0.5, 0.6) is 0 Å². The topological polar surface area (TPSA) is 111 Å². The third-order valence-corrected chi connectivity index (χ3v) is 6.98. The number of rotatable bonds is 3. The van der Waals surface area contributed by atoms with Crippen LogP contribution in [0.15, 0.2) is 69.7 Å². The predicted octanol–water partition coefficient (Wildman–Crippen LogP) is 3.92. The van der Waals surface area contributed by atoms with Crippen LogP contribution in [-0.2, 0) is 10.3 Å². The number of carbonyl (C=O) groups excluding carboxylic acids is 1. The van der Waals surface area contributed by atoms with Crippen molar-refractivity contribution in [3.8, 4) is 11.3 Å². The minimum absolute atomic E-state index is 0.0987. The molecule has 1 aliphatic rings. The summed E-state index contributed by atoms with van der Waals surface area (Å²) in [4.78, 5) is 25.0. The van der Waals surface area contributed by atoms with Crippen LogP contribution in [0.2, 0.25) is 0 Å². The quantitative estimate of drug-likeness (QED) is 0.511. The number of furan rings is 1. The average Bonchev–Trinajstić information content (AvgIpc) is 3.42. The van der Waals surface area contributed by atoms with E-state index in [4.69, 9.17) is 20.9 Å². The molecular formula is C23H21N5O2S. The third kappa shape index (κ3) is 3.07. The zero-order valence-electron chi connectivity index (χ0n) is 17.1. The minimum atomic E-state index is -0.859. The van der Waals surface area contributed by atoms with Crippen molar-refractivity contribution in [2.75, 3.05) is 12.8 Å². The van der Waals surface area contributed by atoms with Crippen LogP contribution < -0.4 is 11.5 Å². The molecule has 31 heavy (non-hydrogen) atoms. The van der Waals surface area contributed by atoms with Gasteiger partial charge in [0.15, 0.2) is 5.96 Å². The van der Waals surface area contributed by atoms with Crippen molar-refractivity contribution >= 4 is 39.9 Å². The van der Waals surface area contributed by atoms with Gasteiger partial charge in [0.2, 0.25) is 5.91 Å². The summed E-state index contributed by atoms with van der Waals surface area (Å²) in [6.45, 7) is 1.96. The number of aliphatic imine (C=N–C) groups is 1. The smallest absolute Gasteiger partial charge is 0.239 e. The highest BCUT2D eigenvalue weighted by Gasteiger charge is 2.48. The maximum atomic E-state index is 13.4. The van der Waals surface area contributed by atoms with E-state index < -0.39 is 11.5 Å². The average molecular weight is 432 g/mol. The maximum absolute atomic E-state index is 13.4. The Bertz CT molecular complexity index is 1320. The molecule has 7 nitrogen and oxygen atoms in total. The Kier molecular flexibility index (Phi) is 4.33. The molecule has 4 N–H and O–H groups in total. The van der Waals surface area contributed by atoms with E-state index in [1.165, 1.54) is 16.2 Å². The normalized spacial score (nSPS) is 21.5. The van der Waals surface area contributed by atoms with Crippen LogP contribution in [0.4, 0.5) is 5.69 Å². The van der Waals surface area contributed by atoms with Crippen LogP contribution in [0, 0.1) is 0 Å². The number of benzene rings is 1. The van der Waals surface area contributed by atoms with Gasteiger partial charge in [-0.3, -0.25) is 14.7 Å². The second-order valence-corrected chi connectivity index (χ2v) is 8.75. The van der Waals surface area contributed by atoms with Crippen molar-refractivity contribution in [2.45, 2.75) is 18.4 Å². The zero-order valence-corrected chi connectivity index (χ0v) is 17.9. The van der Waals surface area contributed by atoms with E-state index in [0.717, 1.165) is 32.7 Å². The Balaban J connectivity index is 1.64. The number of nitrogen functional groups attached to an aromatic ring is 1. The molecule has 0 fully saturated rings. The SMILES string of the molecule is CN1C(=O)C(c2ccc3occc3c2)[C@@](C)(c2cc(-c3ccc(N)cn3)cs2)N=C1N. The number of likely N-dealkylation sites (N-methyl/N-ethyl adjacent to an activating group) is 1. The summed E-state index contributed by atoms with van der Waals surface area (Å²) >= 11 is 1.54. The number of aromatic nitrogens is 1. The van der Waals surface area contributed by atoms with Crippen LogP contribution in [0.3, 0.4) is 0 Å². The maximum Gasteiger partial charge on any atom is 0.239 e. The number of carbonyl (C=O) groups is 1. The number of hydrogen-bond acceptors (Lipinski definition) is 7. The summed E-state index contributed by atoms with van der Waals surface area (Å²) < 4.78 is 5.47. The molecule has 5 rings (SSSR count). The van der Waals surface area contributed by atoms with Crippen LogP contribution in [0.25, 0.3) is 22.2 Å². The van der Waals surface area contributed by atoms with Gasteiger partial charge >= 0.3 is 0 Å². The molecular weight excluding hydrogens is 410 g/mol. The fourth-order valence-corrected chi connectivity index (χ4v) is 5.11. The van der Waals surface area contributed by atoms with Gasteiger partial charge in [-0.1, -0.05) is 6.07 Å². The van der Waals surface area contributed by atoms with E-state index in [0.29, 0.717) is 5.69 Å². The molecule has 2 atom stereocenters. The number of thiophene rings is 1. The van der Waals surface area contributed by atoms with Crippen LogP contribution in [0.1, 0.15) is 23.3 Å². The Hall–Kier alpha value is -3.65. The minimum Gasteiger partial charge on any atom is -0.464 e. The first-order chi connectivity index (χ1) is 14.9. The summed E-state index contributed by atoms with van der Waals surface area (Å²) in [5.74, 6) is -0.429. The second-order valence-electron chi connectivity index (χ2n) is 7.84. The lowest BCUT2D eigenvalue weighted by molar-refractivity contribution is -0.130. The lowest BCUT2D eigenvalue weighted by atomic mass is 9.77. The van der Waals surface area contributed by atoms with Gasteiger partial charge in [-0.15, -0.1) is 11.3 Å². The van der Waals surface area contributed by atoms with Crippen LogP contribution >= 0.6 is 11.3 Å². The molecule has 1 aromatic carbocycles. The van der Waals surface area contributed by atoms with Crippen LogP contribution in [-0.4, -0.2) is 28.8 Å². The fourth-order valence-electron chi connectivity index (χ4n) is 4.07. The Morgan fingerprint density at radius 1 is 1.16 bits per heavy atom. The van der Waals surface area contributed by atoms with Gasteiger partial charge in [-0.25, -0.2) is 4.99 Å². The molecule has 1 unspecified atom stereocenters. The van der Waals surface area contributed by atoms with Gasteiger partial charge in [-0.05, 0) is 48.9 Å². The summed E-state index contributed by atoms with van der Waals surface area (Å²) in [6.07, 6.45) is 3.27. The van der Waals surface area contributed by atoms with Crippen molar-refractivity contribution in [1.82, 2.24) is 9.88 Å². The predicted molar refractivity (Wildman–Crippen MR) is 123 cm³/mol. The first-order valence-corrected chi connectivity index (χ1v) is 10.7. The molecule has 0 aliphatic carbocycles. The molecule has 8 heteroatoms. The standard InChI is InChI=1S/C23H21N5O2S/c1-23(19-10-15(12-31-19)17-5-4-16(24)11-26-17)20(21(29)28(2)22(25)27-23)14-3-6-18-13(9-14)7-8-30-18/h3-12,20H,24H2,1-2H3,(H2,25,27)/t20?,23-/m1/s1. The number of anilines is 1. The highest BCUT2D eigenvalue weighted by Crippen LogP contribution is 2.47. The van der Waals surface area contributed by atoms with Crippen molar-refractivity contribution < 1.29 is 9.21 Å². The number of amides is 1. The van der Waals surface area contributed by atoms with Crippen molar-refractivity contribution in [3.63, 3.8) is 0 Å². The monoisotopic (exact) mass is 431 g/mol. The van der Waals surface area contributed by atoms with E-state index in [1.807, 2.05) is 54.8 Å². The Morgan fingerprint density at radius 2 is 2.00 bits per heavy atom. The van der Waals surface area contributed by atoms with Crippen molar-refractivity contribution in [3.05, 3.63) is 70.7 Å². The molecule has 156 valence electrons.